The summed E-state index contributed by atoms with van der Waals surface area (Å²) >= 11 is 0. The lowest BCUT2D eigenvalue weighted by Crippen LogP contribution is -2.13. The summed E-state index contributed by atoms with van der Waals surface area (Å²) in [6, 6.07) is 9.12. The molecule has 1 aromatic rings. The van der Waals surface area contributed by atoms with E-state index in [2.05, 4.69) is 31.2 Å². The van der Waals surface area contributed by atoms with Crippen LogP contribution in [0.15, 0.2) is 24.3 Å². The van der Waals surface area contributed by atoms with Gasteiger partial charge in [0.15, 0.2) is 0 Å². The Morgan fingerprint density at radius 1 is 0.900 bits per heavy atom. The highest BCUT2D eigenvalue weighted by atomic mass is 19.1. The fourth-order valence-corrected chi connectivity index (χ4v) is 3.50. The first-order valence-corrected chi connectivity index (χ1v) is 8.42. The minimum absolute atomic E-state index is 0.137. The zero-order valence-electron chi connectivity index (χ0n) is 12.9. The molecule has 0 amide bonds. The molecule has 20 heavy (non-hydrogen) atoms. The molecule has 1 aliphatic rings. The van der Waals surface area contributed by atoms with Gasteiger partial charge in [0.05, 0.1) is 6.67 Å². The van der Waals surface area contributed by atoms with Gasteiger partial charge in [0.2, 0.25) is 0 Å². The van der Waals surface area contributed by atoms with E-state index in [1.165, 1.54) is 56.1 Å². The maximum Gasteiger partial charge on any atom is 0.0894 e. The SMILES string of the molecule is Cc1ccc(C2CCC(CCCCCCF)CC2)cc1. The molecule has 1 aliphatic carbocycles. The number of aryl methyl sites for hydroxylation is 1. The fourth-order valence-electron chi connectivity index (χ4n) is 3.50. The molecular formula is C19H29F. The molecule has 0 saturated heterocycles. The van der Waals surface area contributed by atoms with Crippen molar-refractivity contribution >= 4 is 0 Å². The summed E-state index contributed by atoms with van der Waals surface area (Å²) in [5, 5.41) is 0. The lowest BCUT2D eigenvalue weighted by atomic mass is 9.77. The molecule has 0 atom stereocenters. The van der Waals surface area contributed by atoms with Gasteiger partial charge in [-0.1, -0.05) is 55.5 Å². The van der Waals surface area contributed by atoms with Crippen LogP contribution in [0.4, 0.5) is 4.39 Å². The van der Waals surface area contributed by atoms with Crippen LogP contribution in [0.2, 0.25) is 0 Å². The molecule has 0 heterocycles. The van der Waals surface area contributed by atoms with Crippen LogP contribution in [0.3, 0.4) is 0 Å². The van der Waals surface area contributed by atoms with Crippen LogP contribution in [0.25, 0.3) is 0 Å². The van der Waals surface area contributed by atoms with E-state index >= 15 is 0 Å². The highest BCUT2D eigenvalue weighted by Gasteiger charge is 2.21. The van der Waals surface area contributed by atoms with Crippen molar-refractivity contribution in [3.05, 3.63) is 35.4 Å². The predicted octanol–water partition coefficient (Wildman–Crippen LogP) is 6.19. The topological polar surface area (TPSA) is 0 Å². The summed E-state index contributed by atoms with van der Waals surface area (Å²) in [5.41, 5.74) is 2.90. The summed E-state index contributed by atoms with van der Waals surface area (Å²) < 4.78 is 12.0. The van der Waals surface area contributed by atoms with Crippen molar-refractivity contribution in [3.63, 3.8) is 0 Å². The van der Waals surface area contributed by atoms with Crippen molar-refractivity contribution in [1.82, 2.24) is 0 Å². The van der Waals surface area contributed by atoms with Crippen LogP contribution in [0, 0.1) is 12.8 Å². The van der Waals surface area contributed by atoms with E-state index in [1.807, 2.05) is 0 Å². The average molecular weight is 276 g/mol. The number of halogens is 1. The van der Waals surface area contributed by atoms with Gasteiger partial charge < -0.3 is 0 Å². The summed E-state index contributed by atoms with van der Waals surface area (Å²) in [7, 11) is 0. The van der Waals surface area contributed by atoms with Crippen molar-refractivity contribution in [2.75, 3.05) is 6.67 Å². The minimum atomic E-state index is -0.137. The van der Waals surface area contributed by atoms with Gasteiger partial charge in [-0.3, -0.25) is 4.39 Å². The standard InChI is InChI=1S/C19H29F/c1-16-7-11-18(12-8-16)19-13-9-17(10-14-19)6-4-2-3-5-15-20/h7-8,11-12,17,19H,2-6,9-10,13-15H2,1H3. The minimum Gasteiger partial charge on any atom is -0.251 e. The van der Waals surface area contributed by atoms with E-state index in [0.717, 1.165) is 24.7 Å². The van der Waals surface area contributed by atoms with E-state index in [0.29, 0.717) is 0 Å². The van der Waals surface area contributed by atoms with Gasteiger partial charge in [0, 0.05) is 0 Å². The molecule has 0 bridgehead atoms. The first-order chi connectivity index (χ1) is 9.79. The third-order valence-corrected chi connectivity index (χ3v) is 4.89. The Labute approximate surface area is 123 Å². The normalized spacial score (nSPS) is 22.9. The molecule has 2 rings (SSSR count). The molecule has 112 valence electrons. The van der Waals surface area contributed by atoms with Crippen LogP contribution >= 0.6 is 0 Å². The number of alkyl halides is 1. The van der Waals surface area contributed by atoms with Crippen molar-refractivity contribution in [2.45, 2.75) is 70.6 Å². The zero-order valence-corrected chi connectivity index (χ0v) is 12.9. The number of benzene rings is 1. The molecule has 0 N–H and O–H groups in total. The number of hydrogen-bond donors (Lipinski definition) is 0. The molecular weight excluding hydrogens is 247 g/mol. The zero-order chi connectivity index (χ0) is 14.2. The highest BCUT2D eigenvalue weighted by molar-refractivity contribution is 5.24. The largest absolute Gasteiger partial charge is 0.251 e. The van der Waals surface area contributed by atoms with E-state index in [9.17, 15) is 4.39 Å². The maximum atomic E-state index is 12.0. The second-order valence-corrected chi connectivity index (χ2v) is 6.52. The lowest BCUT2D eigenvalue weighted by Gasteiger charge is -2.29. The number of unbranched alkanes of at least 4 members (excludes halogenated alkanes) is 3. The van der Waals surface area contributed by atoms with Crippen molar-refractivity contribution in [3.8, 4) is 0 Å². The van der Waals surface area contributed by atoms with Gasteiger partial charge in [-0.2, -0.15) is 0 Å². The fraction of sp³-hybridized carbons (Fsp3) is 0.684. The monoisotopic (exact) mass is 276 g/mol. The summed E-state index contributed by atoms with van der Waals surface area (Å²) in [6.07, 6.45) is 11.2. The van der Waals surface area contributed by atoms with Crippen LogP contribution in [0.5, 0.6) is 0 Å². The summed E-state index contributed by atoms with van der Waals surface area (Å²) in [5.74, 6) is 1.72. The lowest BCUT2D eigenvalue weighted by molar-refractivity contribution is 0.301. The summed E-state index contributed by atoms with van der Waals surface area (Å²) in [4.78, 5) is 0. The van der Waals surface area contributed by atoms with Crippen molar-refractivity contribution in [1.29, 1.82) is 0 Å². The molecule has 1 fully saturated rings. The molecule has 0 aliphatic heterocycles. The molecule has 0 aromatic heterocycles. The van der Waals surface area contributed by atoms with Gasteiger partial charge in [-0.05, 0) is 56.4 Å². The molecule has 0 nitrogen and oxygen atoms in total. The second kappa shape index (κ2) is 8.44. The Kier molecular flexibility index (Phi) is 6.56. The van der Waals surface area contributed by atoms with Gasteiger partial charge in [0.1, 0.15) is 0 Å². The van der Waals surface area contributed by atoms with Crippen molar-refractivity contribution < 1.29 is 4.39 Å². The van der Waals surface area contributed by atoms with Crippen LogP contribution < -0.4 is 0 Å². The van der Waals surface area contributed by atoms with Crippen LogP contribution in [-0.2, 0) is 0 Å². The quantitative estimate of drug-likeness (QED) is 0.521. The third-order valence-electron chi connectivity index (χ3n) is 4.89. The molecule has 1 aromatic carbocycles. The first kappa shape index (κ1) is 15.5. The summed E-state index contributed by atoms with van der Waals surface area (Å²) in [6.45, 7) is 2.02. The molecule has 1 heteroatoms. The smallest absolute Gasteiger partial charge is 0.0894 e. The van der Waals surface area contributed by atoms with Crippen LogP contribution in [-0.4, -0.2) is 6.67 Å². The Balaban J connectivity index is 1.66. The van der Waals surface area contributed by atoms with Gasteiger partial charge >= 0.3 is 0 Å². The molecule has 0 unspecified atom stereocenters. The van der Waals surface area contributed by atoms with E-state index in [1.54, 1.807) is 0 Å². The van der Waals surface area contributed by atoms with E-state index < -0.39 is 0 Å². The van der Waals surface area contributed by atoms with Gasteiger partial charge in [0.25, 0.3) is 0 Å². The Hall–Kier alpha value is -0.850. The molecule has 1 saturated carbocycles. The van der Waals surface area contributed by atoms with E-state index in [4.69, 9.17) is 0 Å². The Morgan fingerprint density at radius 2 is 1.55 bits per heavy atom. The van der Waals surface area contributed by atoms with Crippen molar-refractivity contribution in [2.24, 2.45) is 5.92 Å². The van der Waals surface area contributed by atoms with Gasteiger partial charge in [-0.25, -0.2) is 0 Å². The van der Waals surface area contributed by atoms with Crippen LogP contribution in [0.1, 0.15) is 74.8 Å². The number of rotatable bonds is 7. The molecule has 0 spiro atoms. The Bertz CT molecular complexity index is 360. The average Bonchev–Trinajstić information content (AvgIpc) is 2.49. The maximum absolute atomic E-state index is 12.0. The van der Waals surface area contributed by atoms with Gasteiger partial charge in [-0.15, -0.1) is 0 Å². The molecule has 0 radical (unpaired) electrons. The predicted molar refractivity (Wildman–Crippen MR) is 84.9 cm³/mol. The highest BCUT2D eigenvalue weighted by Crippen LogP contribution is 2.37. The Morgan fingerprint density at radius 3 is 2.20 bits per heavy atom. The second-order valence-electron chi connectivity index (χ2n) is 6.52. The third kappa shape index (κ3) is 4.92. The first-order valence-electron chi connectivity index (χ1n) is 8.42. The van der Waals surface area contributed by atoms with E-state index in [-0.39, 0.29) is 6.67 Å². The number of hydrogen-bond acceptors (Lipinski definition) is 0.